The summed E-state index contributed by atoms with van der Waals surface area (Å²) in [6.07, 6.45) is 0. The summed E-state index contributed by atoms with van der Waals surface area (Å²) in [4.78, 5) is 14.7. The molecule has 0 radical (unpaired) electrons. The fourth-order valence-corrected chi connectivity index (χ4v) is 8.33. The summed E-state index contributed by atoms with van der Waals surface area (Å²) < 4.78 is 48.3. The zero-order valence-electron chi connectivity index (χ0n) is 24.2. The van der Waals surface area contributed by atoms with Gasteiger partial charge in [0.05, 0.1) is 30.0 Å². The van der Waals surface area contributed by atoms with Crippen molar-refractivity contribution in [3.63, 3.8) is 0 Å². The van der Waals surface area contributed by atoms with Crippen molar-refractivity contribution in [2.24, 2.45) is 0 Å². The van der Waals surface area contributed by atoms with E-state index < -0.39 is 27.6 Å². The number of benzene rings is 2. The maximum Gasteiger partial charge on any atom is 0.300 e. The molecule has 2 N–H and O–H groups in total. The third-order valence-corrected chi connectivity index (χ3v) is 10.1. The minimum Gasteiger partial charge on any atom is -0.362 e. The van der Waals surface area contributed by atoms with Gasteiger partial charge in [-0.2, -0.15) is 8.42 Å². The molecule has 0 aliphatic carbocycles. The lowest BCUT2D eigenvalue weighted by molar-refractivity contribution is -0.207. The van der Waals surface area contributed by atoms with Crippen LogP contribution in [-0.4, -0.2) is 43.2 Å². The van der Waals surface area contributed by atoms with Gasteiger partial charge in [0.15, 0.2) is 0 Å². The van der Waals surface area contributed by atoms with E-state index in [0.717, 1.165) is 14.7 Å². The first-order chi connectivity index (χ1) is 19.0. The van der Waals surface area contributed by atoms with Gasteiger partial charge in [-0.15, -0.1) is 11.3 Å². The smallest absolute Gasteiger partial charge is 0.300 e. The molecular weight excluding hydrogens is 678 g/mol. The van der Waals surface area contributed by atoms with Crippen LogP contribution in [0.25, 0.3) is 0 Å². The van der Waals surface area contributed by atoms with E-state index in [2.05, 4.69) is 19.2 Å². The molecule has 11 heteroatoms. The molecule has 1 amide bonds. The van der Waals surface area contributed by atoms with Crippen molar-refractivity contribution in [2.45, 2.75) is 76.9 Å². The van der Waals surface area contributed by atoms with E-state index in [1.165, 1.54) is 22.3 Å². The van der Waals surface area contributed by atoms with E-state index in [1.54, 1.807) is 22.9 Å². The molecular formula is C30H36FIN2O5S2. The van der Waals surface area contributed by atoms with E-state index in [-0.39, 0.29) is 41.4 Å². The van der Waals surface area contributed by atoms with Crippen LogP contribution in [0.15, 0.2) is 39.9 Å². The topological polar surface area (TPSA) is 95.9 Å². The van der Waals surface area contributed by atoms with Gasteiger partial charge in [-0.05, 0) is 87.7 Å². The summed E-state index contributed by atoms with van der Waals surface area (Å²) in [5.74, 6) is -2.93. The highest BCUT2D eigenvalue weighted by Crippen LogP contribution is 2.41. The number of hydrogen-bond donors (Lipinski definition) is 2. The number of nitrogens with zero attached hydrogens (tertiary/aromatic N) is 1. The highest BCUT2D eigenvalue weighted by atomic mass is 127. The Bertz CT molecular complexity index is 1580. The Kier molecular flexibility index (Phi) is 9.25. The number of carbonyl (C=O) groups excluding carboxylic acids is 1. The third kappa shape index (κ3) is 6.48. The van der Waals surface area contributed by atoms with E-state index in [9.17, 15) is 22.7 Å². The Morgan fingerprint density at radius 2 is 1.68 bits per heavy atom. The van der Waals surface area contributed by atoms with E-state index in [0.29, 0.717) is 22.4 Å². The van der Waals surface area contributed by atoms with Gasteiger partial charge >= 0.3 is 0 Å². The van der Waals surface area contributed by atoms with Crippen molar-refractivity contribution in [1.29, 1.82) is 0 Å². The number of amides is 1. The van der Waals surface area contributed by atoms with Crippen molar-refractivity contribution in [3.8, 4) is 0 Å². The van der Waals surface area contributed by atoms with Gasteiger partial charge in [0.1, 0.15) is 10.7 Å². The van der Waals surface area contributed by atoms with Gasteiger partial charge in [0.2, 0.25) is 5.79 Å². The number of rotatable bonds is 9. The number of β-amino-alcohol motifs (C(OH)–C–C–N with tert-alkyl or cyclic N) is 1. The molecule has 1 saturated heterocycles. The van der Waals surface area contributed by atoms with Gasteiger partial charge < -0.3 is 15.3 Å². The summed E-state index contributed by atoms with van der Waals surface area (Å²) in [5.41, 5.74) is 4.27. The highest BCUT2D eigenvalue weighted by Gasteiger charge is 2.50. The first-order valence-electron chi connectivity index (χ1n) is 13.5. The lowest BCUT2D eigenvalue weighted by atomic mass is 9.85. The van der Waals surface area contributed by atoms with Crippen LogP contribution in [0.5, 0.6) is 0 Å². The normalized spacial score (nSPS) is 15.1. The fourth-order valence-electron chi connectivity index (χ4n) is 5.28. The number of likely N-dealkylation sites (tertiary alicyclic amines) is 1. The average Bonchev–Trinajstić information content (AvgIpc) is 3.30. The zero-order chi connectivity index (χ0) is 30.4. The van der Waals surface area contributed by atoms with Gasteiger partial charge in [-0.25, -0.2) is 8.57 Å². The number of anilines is 2. The number of thiophene rings is 1. The molecule has 3 aromatic rings. The molecule has 0 spiro atoms. The Hall–Kier alpha value is -2.06. The SMILES string of the molecule is Cc1c(C(C)C)cc(C(C)C)c(S(=O)(=O)OC2(O)CN(C(=O)c3cscc3Nc3ccc(I)cc3F)C2)c1C(C)C. The molecule has 1 fully saturated rings. The molecule has 0 saturated carbocycles. The lowest BCUT2D eigenvalue weighted by Crippen LogP contribution is -2.65. The zero-order valence-corrected chi connectivity index (χ0v) is 28.0. The van der Waals surface area contributed by atoms with Gasteiger partial charge in [-0.3, -0.25) is 4.79 Å². The van der Waals surface area contributed by atoms with E-state index >= 15 is 0 Å². The maximum absolute atomic E-state index is 14.4. The summed E-state index contributed by atoms with van der Waals surface area (Å²) in [6.45, 7) is 13.2. The van der Waals surface area contributed by atoms with Gasteiger partial charge in [0, 0.05) is 14.3 Å². The molecule has 0 bridgehead atoms. The number of hydrogen-bond acceptors (Lipinski definition) is 7. The van der Waals surface area contributed by atoms with Crippen molar-refractivity contribution < 1.29 is 26.9 Å². The predicted octanol–water partition coefficient (Wildman–Crippen LogP) is 7.46. The fraction of sp³-hybridized carbons (Fsp3) is 0.433. The van der Waals surface area contributed by atoms with Crippen molar-refractivity contribution >= 4 is 61.3 Å². The highest BCUT2D eigenvalue weighted by molar-refractivity contribution is 14.1. The molecule has 0 atom stereocenters. The Morgan fingerprint density at radius 1 is 1.05 bits per heavy atom. The van der Waals surface area contributed by atoms with Crippen LogP contribution in [0.2, 0.25) is 0 Å². The quantitative estimate of drug-likeness (QED) is 0.136. The molecule has 222 valence electrons. The average molecular weight is 715 g/mol. The number of nitrogens with one attached hydrogen (secondary N) is 1. The first kappa shape index (κ1) is 31.9. The van der Waals surface area contributed by atoms with Gasteiger partial charge in [-0.1, -0.05) is 47.6 Å². The standard InChI is InChI=1S/C30H36FIN2O5S2/c1-16(2)21-11-22(17(3)4)28(27(18(5)6)19(21)7)41(37,38)39-30(36)14-34(15-30)29(35)23-12-40-13-26(23)33-25-9-8-20(32)10-24(25)31/h8-13,16-18,33,36H,14-15H2,1-7H3. The molecule has 41 heavy (non-hydrogen) atoms. The van der Waals surface area contributed by atoms with Crippen LogP contribution in [-0.2, 0) is 14.3 Å². The van der Waals surface area contributed by atoms with Crippen LogP contribution < -0.4 is 5.32 Å². The lowest BCUT2D eigenvalue weighted by Gasteiger charge is -2.45. The summed E-state index contributed by atoms with van der Waals surface area (Å²) in [5, 5.41) is 17.4. The second-order valence-electron chi connectivity index (χ2n) is 11.5. The van der Waals surface area contributed by atoms with E-state index in [1.807, 2.05) is 63.3 Å². The molecule has 0 unspecified atom stereocenters. The van der Waals surface area contributed by atoms with Crippen LogP contribution in [0, 0.1) is 16.3 Å². The Labute approximate surface area is 259 Å². The number of aliphatic hydroxyl groups is 1. The van der Waals surface area contributed by atoms with E-state index in [4.69, 9.17) is 4.18 Å². The molecule has 4 rings (SSSR count). The number of halogens is 2. The Balaban J connectivity index is 1.57. The molecule has 1 aliphatic rings. The molecule has 7 nitrogen and oxygen atoms in total. The van der Waals surface area contributed by atoms with Crippen LogP contribution in [0.1, 0.15) is 91.9 Å². The second kappa shape index (κ2) is 11.9. The number of carbonyl (C=O) groups is 1. The Morgan fingerprint density at radius 3 is 2.24 bits per heavy atom. The van der Waals surface area contributed by atoms with Crippen molar-refractivity contribution in [3.05, 3.63) is 72.2 Å². The van der Waals surface area contributed by atoms with Crippen molar-refractivity contribution in [2.75, 3.05) is 18.4 Å². The molecule has 2 aromatic carbocycles. The predicted molar refractivity (Wildman–Crippen MR) is 169 cm³/mol. The first-order valence-corrected chi connectivity index (χ1v) is 16.9. The molecule has 1 aromatic heterocycles. The summed E-state index contributed by atoms with van der Waals surface area (Å²) >= 11 is 3.29. The largest absolute Gasteiger partial charge is 0.362 e. The molecule has 2 heterocycles. The summed E-state index contributed by atoms with van der Waals surface area (Å²) in [7, 11) is -4.40. The maximum atomic E-state index is 14.4. The van der Waals surface area contributed by atoms with Crippen LogP contribution in [0.3, 0.4) is 0 Å². The van der Waals surface area contributed by atoms with Gasteiger partial charge in [0.25, 0.3) is 16.0 Å². The minimum absolute atomic E-state index is 0.101. The van der Waals surface area contributed by atoms with Crippen molar-refractivity contribution in [1.82, 2.24) is 4.90 Å². The second-order valence-corrected chi connectivity index (χ2v) is 15.0. The monoisotopic (exact) mass is 714 g/mol. The third-order valence-electron chi connectivity index (χ3n) is 7.25. The van der Waals surface area contributed by atoms with Crippen LogP contribution in [0.4, 0.5) is 15.8 Å². The molecule has 1 aliphatic heterocycles. The summed E-state index contributed by atoms with van der Waals surface area (Å²) in [6, 6.07) is 6.67. The van der Waals surface area contributed by atoms with Crippen LogP contribution >= 0.6 is 33.9 Å². The minimum atomic E-state index is -4.40.